The summed E-state index contributed by atoms with van der Waals surface area (Å²) in [5.41, 5.74) is 2.95. The Hall–Kier alpha value is -4.05. The molecule has 0 unspecified atom stereocenters. The second kappa shape index (κ2) is 8.31. The number of aromatic nitrogens is 6. The van der Waals surface area contributed by atoms with Crippen molar-refractivity contribution in [2.75, 3.05) is 0 Å². The molecule has 0 fully saturated rings. The first-order valence-electron chi connectivity index (χ1n) is 10.9. The number of rotatable bonds is 5. The Kier molecular flexibility index (Phi) is 5.10. The zero-order chi connectivity index (χ0) is 24.1. The van der Waals surface area contributed by atoms with Gasteiger partial charge in [0.05, 0.1) is 33.4 Å². The van der Waals surface area contributed by atoms with Gasteiger partial charge in [-0.15, -0.1) is 10.2 Å². The van der Waals surface area contributed by atoms with E-state index >= 15 is 0 Å². The molecule has 0 N–H and O–H groups in total. The number of para-hydroxylation sites is 4. The van der Waals surface area contributed by atoms with Crippen LogP contribution in [0.15, 0.2) is 82.7 Å². The predicted molar refractivity (Wildman–Crippen MR) is 131 cm³/mol. The number of halogens is 2. The Balaban J connectivity index is 1.53. The maximum atomic E-state index is 13.9. The van der Waals surface area contributed by atoms with Crippen LogP contribution in [0.3, 0.4) is 0 Å². The SMILES string of the molecule is Cc1ccccc1-n1c(=O)c2ccccc2n2c(SCc3nc4ccccc4n3C(F)F)nnc12. The predicted octanol–water partition coefficient (Wildman–Crippen LogP) is 5.38. The maximum Gasteiger partial charge on any atom is 0.320 e. The van der Waals surface area contributed by atoms with Gasteiger partial charge in [0.1, 0.15) is 5.82 Å². The normalized spacial score (nSPS) is 11.9. The van der Waals surface area contributed by atoms with Gasteiger partial charge in [-0.1, -0.05) is 54.2 Å². The van der Waals surface area contributed by atoms with Crippen LogP contribution in [0.4, 0.5) is 8.78 Å². The topological polar surface area (TPSA) is 70.0 Å². The number of nitrogens with zero attached hydrogens (tertiary/aromatic N) is 6. The van der Waals surface area contributed by atoms with Gasteiger partial charge in [-0.2, -0.15) is 8.78 Å². The third-order valence-corrected chi connectivity index (χ3v) is 6.87. The molecule has 3 aromatic heterocycles. The number of fused-ring (bicyclic) bond motifs is 4. The fourth-order valence-corrected chi connectivity index (χ4v) is 5.22. The van der Waals surface area contributed by atoms with E-state index in [1.807, 2.05) is 43.3 Å². The molecule has 7 nitrogen and oxygen atoms in total. The molecule has 0 radical (unpaired) electrons. The summed E-state index contributed by atoms with van der Waals surface area (Å²) in [7, 11) is 0. The van der Waals surface area contributed by atoms with Gasteiger partial charge in [0.25, 0.3) is 5.56 Å². The molecule has 6 rings (SSSR count). The van der Waals surface area contributed by atoms with Crippen molar-refractivity contribution in [3.05, 3.63) is 94.5 Å². The highest BCUT2D eigenvalue weighted by Crippen LogP contribution is 2.29. The van der Waals surface area contributed by atoms with Crippen LogP contribution in [-0.4, -0.2) is 28.7 Å². The number of hydrogen-bond donors (Lipinski definition) is 0. The molecule has 0 spiro atoms. The maximum absolute atomic E-state index is 13.9. The largest absolute Gasteiger partial charge is 0.320 e. The van der Waals surface area contributed by atoms with E-state index in [1.165, 1.54) is 11.8 Å². The number of aryl methyl sites for hydroxylation is 1. The monoisotopic (exact) mass is 488 g/mol. The molecule has 0 bridgehead atoms. The summed E-state index contributed by atoms with van der Waals surface area (Å²) in [6.07, 6.45) is 0. The van der Waals surface area contributed by atoms with Crippen molar-refractivity contribution in [3.63, 3.8) is 0 Å². The number of thioether (sulfide) groups is 1. The van der Waals surface area contributed by atoms with Crippen LogP contribution >= 0.6 is 11.8 Å². The molecule has 0 amide bonds. The number of benzene rings is 3. The van der Waals surface area contributed by atoms with Crippen LogP contribution in [-0.2, 0) is 5.75 Å². The molecule has 174 valence electrons. The molecule has 0 aliphatic heterocycles. The first-order valence-corrected chi connectivity index (χ1v) is 11.8. The van der Waals surface area contributed by atoms with Gasteiger partial charge < -0.3 is 0 Å². The van der Waals surface area contributed by atoms with Crippen LogP contribution in [0.5, 0.6) is 0 Å². The molecule has 3 heterocycles. The molecule has 10 heteroatoms. The fraction of sp³-hybridized carbons (Fsp3) is 0.120. The average molecular weight is 489 g/mol. The Bertz CT molecular complexity index is 1790. The quantitative estimate of drug-likeness (QED) is 0.305. The van der Waals surface area contributed by atoms with Crippen molar-refractivity contribution in [1.82, 2.24) is 28.7 Å². The summed E-state index contributed by atoms with van der Waals surface area (Å²) in [4.78, 5) is 17.9. The van der Waals surface area contributed by atoms with Crippen molar-refractivity contribution in [2.45, 2.75) is 24.4 Å². The van der Waals surface area contributed by atoms with E-state index < -0.39 is 6.55 Å². The zero-order valence-corrected chi connectivity index (χ0v) is 19.3. The van der Waals surface area contributed by atoms with Crippen molar-refractivity contribution in [2.24, 2.45) is 0 Å². The molecule has 3 aromatic carbocycles. The number of imidazole rings is 1. The molecular formula is C25H18F2N6OS. The van der Waals surface area contributed by atoms with E-state index in [0.29, 0.717) is 38.6 Å². The number of alkyl halides is 2. The fourth-order valence-electron chi connectivity index (χ4n) is 4.35. The molecule has 0 aliphatic carbocycles. The standard InChI is InChI=1S/C25H18F2N6OS/c1-15-8-2-5-11-18(15)32-22(34)16-9-3-6-12-19(16)33-24(32)29-30-25(33)35-14-21-28-17-10-4-7-13-20(17)31(21)23(26)27/h2-13,23H,14H2,1H3. The third-order valence-electron chi connectivity index (χ3n) is 5.95. The van der Waals surface area contributed by atoms with E-state index in [2.05, 4.69) is 15.2 Å². The molecule has 6 aromatic rings. The lowest BCUT2D eigenvalue weighted by Crippen LogP contribution is -2.22. The molecule has 0 atom stereocenters. The van der Waals surface area contributed by atoms with Crippen LogP contribution in [0.1, 0.15) is 17.9 Å². The van der Waals surface area contributed by atoms with Crippen molar-refractivity contribution >= 4 is 39.5 Å². The van der Waals surface area contributed by atoms with Gasteiger partial charge in [-0.05, 0) is 42.8 Å². The van der Waals surface area contributed by atoms with Gasteiger partial charge in [0, 0.05) is 0 Å². The Labute approximate surface area is 201 Å². The molecular weight excluding hydrogens is 470 g/mol. The highest BCUT2D eigenvalue weighted by Gasteiger charge is 2.21. The van der Waals surface area contributed by atoms with E-state index in [9.17, 15) is 13.6 Å². The summed E-state index contributed by atoms with van der Waals surface area (Å²) >= 11 is 1.24. The minimum Gasteiger partial charge on any atom is -0.269 e. The molecule has 0 saturated carbocycles. The first-order chi connectivity index (χ1) is 17.0. The lowest BCUT2D eigenvalue weighted by Gasteiger charge is -2.13. The third kappa shape index (κ3) is 3.40. The summed E-state index contributed by atoms with van der Waals surface area (Å²) in [5.74, 6) is 0.741. The van der Waals surface area contributed by atoms with Gasteiger partial charge >= 0.3 is 6.55 Å². The minimum atomic E-state index is -2.72. The van der Waals surface area contributed by atoms with E-state index in [0.717, 1.165) is 10.1 Å². The van der Waals surface area contributed by atoms with E-state index in [4.69, 9.17) is 0 Å². The summed E-state index contributed by atoms with van der Waals surface area (Å²) in [6.45, 7) is -0.797. The molecule has 0 saturated heterocycles. The lowest BCUT2D eigenvalue weighted by molar-refractivity contribution is 0.0722. The Morgan fingerprint density at radius 2 is 1.63 bits per heavy atom. The average Bonchev–Trinajstić information content (AvgIpc) is 3.45. The van der Waals surface area contributed by atoms with Gasteiger partial charge in [-0.3, -0.25) is 13.8 Å². The highest BCUT2D eigenvalue weighted by molar-refractivity contribution is 7.98. The Morgan fingerprint density at radius 1 is 0.914 bits per heavy atom. The van der Waals surface area contributed by atoms with E-state index in [1.54, 1.807) is 45.4 Å². The Morgan fingerprint density at radius 3 is 2.43 bits per heavy atom. The van der Waals surface area contributed by atoms with Crippen molar-refractivity contribution in [3.8, 4) is 5.69 Å². The van der Waals surface area contributed by atoms with E-state index in [-0.39, 0.29) is 17.1 Å². The van der Waals surface area contributed by atoms with Gasteiger partial charge in [0.15, 0.2) is 5.16 Å². The summed E-state index contributed by atoms with van der Waals surface area (Å²) in [6, 6.07) is 21.6. The lowest BCUT2D eigenvalue weighted by atomic mass is 10.2. The smallest absolute Gasteiger partial charge is 0.269 e. The second-order valence-corrected chi connectivity index (χ2v) is 8.96. The second-order valence-electron chi connectivity index (χ2n) is 8.02. The van der Waals surface area contributed by atoms with Crippen LogP contribution in [0, 0.1) is 6.92 Å². The zero-order valence-electron chi connectivity index (χ0n) is 18.5. The molecule has 0 aliphatic rings. The van der Waals surface area contributed by atoms with Gasteiger partial charge in [-0.25, -0.2) is 9.55 Å². The van der Waals surface area contributed by atoms with Crippen molar-refractivity contribution < 1.29 is 8.78 Å². The van der Waals surface area contributed by atoms with Crippen molar-refractivity contribution in [1.29, 1.82) is 0 Å². The molecule has 35 heavy (non-hydrogen) atoms. The highest BCUT2D eigenvalue weighted by atomic mass is 32.2. The summed E-state index contributed by atoms with van der Waals surface area (Å²) in [5, 5.41) is 9.66. The summed E-state index contributed by atoms with van der Waals surface area (Å²) < 4.78 is 32.0. The minimum absolute atomic E-state index is 0.150. The first kappa shape index (κ1) is 21.5. The van der Waals surface area contributed by atoms with Crippen LogP contribution in [0.25, 0.3) is 33.4 Å². The van der Waals surface area contributed by atoms with Gasteiger partial charge in [0.2, 0.25) is 5.78 Å². The van der Waals surface area contributed by atoms with Crippen LogP contribution in [0.2, 0.25) is 0 Å². The number of hydrogen-bond acceptors (Lipinski definition) is 5. The van der Waals surface area contributed by atoms with Crippen LogP contribution < -0.4 is 5.56 Å².